The lowest BCUT2D eigenvalue weighted by Crippen LogP contribution is -2.17. The van der Waals surface area contributed by atoms with E-state index in [-0.39, 0.29) is 24.1 Å². The van der Waals surface area contributed by atoms with Crippen molar-refractivity contribution < 1.29 is 18.3 Å². The minimum Gasteiger partial charge on any atom is -0.489 e. The molecule has 2 N–H and O–H groups in total. The predicted molar refractivity (Wildman–Crippen MR) is 90.3 cm³/mol. The molecular weight excluding hydrogens is 314 g/mol. The number of ether oxygens (including phenoxy) is 1. The molecule has 0 saturated heterocycles. The van der Waals surface area contributed by atoms with Gasteiger partial charge < -0.3 is 15.4 Å². The zero-order valence-corrected chi connectivity index (χ0v) is 13.6. The molecule has 0 fully saturated rings. The average molecular weight is 334 g/mol. The molecule has 0 unspecified atom stereocenters. The van der Waals surface area contributed by atoms with Crippen LogP contribution in [0.3, 0.4) is 0 Å². The molecule has 0 spiro atoms. The average Bonchev–Trinajstić information content (AvgIpc) is 2.52. The number of para-hydroxylation sites is 2. The minimum atomic E-state index is -0.995. The summed E-state index contributed by atoms with van der Waals surface area (Å²) < 4.78 is 31.6. The van der Waals surface area contributed by atoms with Crippen LogP contribution < -0.4 is 15.4 Å². The zero-order chi connectivity index (χ0) is 17.5. The van der Waals surface area contributed by atoms with Crippen molar-refractivity contribution in [3.05, 3.63) is 54.1 Å². The van der Waals surface area contributed by atoms with Crippen molar-refractivity contribution in [1.82, 2.24) is 0 Å². The van der Waals surface area contributed by atoms with Crippen LogP contribution in [0.15, 0.2) is 42.5 Å². The molecule has 0 heterocycles. The Morgan fingerprint density at radius 2 is 1.88 bits per heavy atom. The van der Waals surface area contributed by atoms with Gasteiger partial charge in [-0.15, -0.1) is 0 Å². The molecule has 128 valence electrons. The molecule has 0 aliphatic carbocycles. The van der Waals surface area contributed by atoms with Crippen LogP contribution in [0.2, 0.25) is 0 Å². The third-order valence-corrected chi connectivity index (χ3v) is 3.12. The number of hydrogen-bond acceptors (Lipinski definition) is 3. The Morgan fingerprint density at radius 3 is 2.58 bits per heavy atom. The van der Waals surface area contributed by atoms with E-state index in [0.29, 0.717) is 12.3 Å². The van der Waals surface area contributed by atoms with Crippen LogP contribution in [0.5, 0.6) is 5.75 Å². The molecule has 2 aromatic carbocycles. The standard InChI is InChI=1S/C18H20F2N2O2/c1-12(2)24-17-6-4-3-5-16(17)21-10-9-18(23)22-13-7-8-14(19)15(20)11-13/h3-8,11-12,21H,9-10H2,1-2H3,(H,22,23). The maximum atomic E-state index is 13.1. The first kappa shape index (κ1) is 17.7. The summed E-state index contributed by atoms with van der Waals surface area (Å²) in [4.78, 5) is 11.9. The van der Waals surface area contributed by atoms with Gasteiger partial charge in [-0.2, -0.15) is 0 Å². The Bertz CT molecular complexity index is 705. The van der Waals surface area contributed by atoms with Crippen molar-refractivity contribution in [3.63, 3.8) is 0 Å². The van der Waals surface area contributed by atoms with Gasteiger partial charge in [0.1, 0.15) is 5.75 Å². The highest BCUT2D eigenvalue weighted by molar-refractivity contribution is 5.91. The van der Waals surface area contributed by atoms with Gasteiger partial charge in [0.05, 0.1) is 11.8 Å². The van der Waals surface area contributed by atoms with E-state index in [1.54, 1.807) is 0 Å². The summed E-state index contributed by atoms with van der Waals surface area (Å²) in [5, 5.41) is 5.66. The molecular formula is C18H20F2N2O2. The van der Waals surface area contributed by atoms with Crippen LogP contribution in [0, 0.1) is 11.6 Å². The van der Waals surface area contributed by atoms with E-state index in [0.717, 1.165) is 17.8 Å². The van der Waals surface area contributed by atoms with Crippen molar-refractivity contribution in [2.45, 2.75) is 26.4 Å². The summed E-state index contributed by atoms with van der Waals surface area (Å²) in [7, 11) is 0. The van der Waals surface area contributed by atoms with Gasteiger partial charge in [0.15, 0.2) is 11.6 Å². The monoisotopic (exact) mass is 334 g/mol. The third kappa shape index (κ3) is 5.22. The molecule has 6 heteroatoms. The lowest BCUT2D eigenvalue weighted by Gasteiger charge is -2.15. The van der Waals surface area contributed by atoms with E-state index in [4.69, 9.17) is 4.74 Å². The number of carbonyl (C=O) groups is 1. The number of halogens is 2. The first-order chi connectivity index (χ1) is 11.5. The van der Waals surface area contributed by atoms with Crippen molar-refractivity contribution >= 4 is 17.3 Å². The van der Waals surface area contributed by atoms with E-state index < -0.39 is 11.6 Å². The van der Waals surface area contributed by atoms with Crippen LogP contribution in [0.4, 0.5) is 20.2 Å². The molecule has 0 atom stereocenters. The number of hydrogen-bond donors (Lipinski definition) is 2. The first-order valence-corrected chi connectivity index (χ1v) is 7.70. The number of amides is 1. The smallest absolute Gasteiger partial charge is 0.226 e. The Morgan fingerprint density at radius 1 is 1.12 bits per heavy atom. The van der Waals surface area contributed by atoms with Crippen LogP contribution in [0.25, 0.3) is 0 Å². The van der Waals surface area contributed by atoms with E-state index in [1.807, 2.05) is 38.1 Å². The normalized spacial score (nSPS) is 10.5. The maximum Gasteiger partial charge on any atom is 0.226 e. The van der Waals surface area contributed by atoms with E-state index in [9.17, 15) is 13.6 Å². The fourth-order valence-electron chi connectivity index (χ4n) is 2.08. The van der Waals surface area contributed by atoms with Gasteiger partial charge in [-0.25, -0.2) is 8.78 Å². The summed E-state index contributed by atoms with van der Waals surface area (Å²) in [5.74, 6) is -1.52. The van der Waals surface area contributed by atoms with Crippen molar-refractivity contribution in [2.75, 3.05) is 17.2 Å². The Kier molecular flexibility index (Phi) is 6.12. The van der Waals surface area contributed by atoms with Crippen molar-refractivity contribution in [3.8, 4) is 5.75 Å². The summed E-state index contributed by atoms with van der Waals surface area (Å²) in [6.07, 6.45) is 0.222. The second-order valence-electron chi connectivity index (χ2n) is 5.52. The lowest BCUT2D eigenvalue weighted by atomic mass is 10.2. The Balaban J connectivity index is 1.85. The molecule has 0 bridgehead atoms. The number of carbonyl (C=O) groups excluding carboxylic acids is 1. The summed E-state index contributed by atoms with van der Waals surface area (Å²) in [6.45, 7) is 4.26. The van der Waals surface area contributed by atoms with Crippen LogP contribution in [-0.4, -0.2) is 18.6 Å². The lowest BCUT2D eigenvalue weighted by molar-refractivity contribution is -0.115. The highest BCUT2D eigenvalue weighted by Crippen LogP contribution is 2.24. The fraction of sp³-hybridized carbons (Fsp3) is 0.278. The number of benzene rings is 2. The minimum absolute atomic E-state index is 0.0459. The van der Waals surface area contributed by atoms with Gasteiger partial charge >= 0.3 is 0 Å². The fourth-order valence-corrected chi connectivity index (χ4v) is 2.08. The second-order valence-corrected chi connectivity index (χ2v) is 5.52. The van der Waals surface area contributed by atoms with Gasteiger partial charge in [0, 0.05) is 24.7 Å². The molecule has 2 rings (SSSR count). The molecule has 1 amide bonds. The summed E-state index contributed by atoms with van der Waals surface area (Å²) in [5.41, 5.74) is 1.02. The topological polar surface area (TPSA) is 50.4 Å². The Labute approximate surface area is 139 Å². The predicted octanol–water partition coefficient (Wildman–Crippen LogP) is 4.19. The molecule has 0 aliphatic heterocycles. The quantitative estimate of drug-likeness (QED) is 0.798. The first-order valence-electron chi connectivity index (χ1n) is 7.70. The molecule has 4 nitrogen and oxygen atoms in total. The van der Waals surface area contributed by atoms with Crippen LogP contribution in [-0.2, 0) is 4.79 Å². The molecule has 0 aliphatic rings. The van der Waals surface area contributed by atoms with Gasteiger partial charge in [-0.1, -0.05) is 12.1 Å². The third-order valence-electron chi connectivity index (χ3n) is 3.12. The van der Waals surface area contributed by atoms with Crippen molar-refractivity contribution in [2.24, 2.45) is 0 Å². The molecule has 24 heavy (non-hydrogen) atoms. The van der Waals surface area contributed by atoms with E-state index in [2.05, 4.69) is 10.6 Å². The number of nitrogens with one attached hydrogen (secondary N) is 2. The summed E-state index contributed by atoms with van der Waals surface area (Å²) in [6, 6.07) is 10.7. The molecule has 0 aromatic heterocycles. The van der Waals surface area contributed by atoms with Crippen LogP contribution >= 0.6 is 0 Å². The van der Waals surface area contributed by atoms with Gasteiger partial charge in [-0.05, 0) is 38.1 Å². The van der Waals surface area contributed by atoms with Gasteiger partial charge in [0.25, 0.3) is 0 Å². The second kappa shape index (κ2) is 8.29. The number of anilines is 2. The molecule has 2 aromatic rings. The van der Waals surface area contributed by atoms with Crippen molar-refractivity contribution in [1.29, 1.82) is 0 Å². The maximum absolute atomic E-state index is 13.1. The SMILES string of the molecule is CC(C)Oc1ccccc1NCCC(=O)Nc1ccc(F)c(F)c1. The Hall–Kier alpha value is -2.63. The van der Waals surface area contributed by atoms with Gasteiger partial charge in [-0.3, -0.25) is 4.79 Å². The molecule has 0 radical (unpaired) electrons. The summed E-state index contributed by atoms with van der Waals surface area (Å²) >= 11 is 0. The number of rotatable bonds is 7. The largest absolute Gasteiger partial charge is 0.489 e. The van der Waals surface area contributed by atoms with E-state index in [1.165, 1.54) is 6.07 Å². The van der Waals surface area contributed by atoms with E-state index >= 15 is 0 Å². The highest BCUT2D eigenvalue weighted by atomic mass is 19.2. The zero-order valence-electron chi connectivity index (χ0n) is 13.6. The van der Waals surface area contributed by atoms with Crippen LogP contribution in [0.1, 0.15) is 20.3 Å². The highest BCUT2D eigenvalue weighted by Gasteiger charge is 2.08. The molecule has 0 saturated carbocycles. The van der Waals surface area contributed by atoms with Gasteiger partial charge in [0.2, 0.25) is 5.91 Å².